The van der Waals surface area contributed by atoms with Gasteiger partial charge in [-0.1, -0.05) is 13.0 Å². The second-order valence-electron chi connectivity index (χ2n) is 2.95. The van der Waals surface area contributed by atoms with E-state index in [9.17, 15) is 0 Å². The third-order valence-corrected chi connectivity index (χ3v) is 2.13. The number of pyridine rings is 1. The first-order valence-electron chi connectivity index (χ1n) is 4.16. The molecule has 0 spiro atoms. The number of nitrogens with zero attached hydrogens (tertiary/aromatic N) is 1. The van der Waals surface area contributed by atoms with Crippen molar-refractivity contribution in [1.29, 1.82) is 0 Å². The lowest BCUT2D eigenvalue weighted by Crippen LogP contribution is -1.93. The monoisotopic (exact) mass is 160 g/mol. The lowest BCUT2D eigenvalue weighted by Gasteiger charge is -1.97. The summed E-state index contributed by atoms with van der Waals surface area (Å²) < 4.78 is 2.01. The molecule has 0 saturated carbocycles. The quantitative estimate of drug-likeness (QED) is 0.680. The van der Waals surface area contributed by atoms with Gasteiger partial charge in [0.2, 0.25) is 0 Å². The molecule has 2 nitrogen and oxygen atoms in total. The van der Waals surface area contributed by atoms with Gasteiger partial charge in [0.05, 0.1) is 0 Å². The molecule has 0 bridgehead atoms. The van der Waals surface area contributed by atoms with Crippen molar-refractivity contribution in [2.75, 3.05) is 5.73 Å². The van der Waals surface area contributed by atoms with E-state index < -0.39 is 0 Å². The molecule has 0 fully saturated rings. The molecule has 2 N–H and O–H groups in total. The number of rotatable bonds is 1. The van der Waals surface area contributed by atoms with Crippen LogP contribution in [0.15, 0.2) is 30.5 Å². The SMILES string of the molecule is CCc1cc2cccc(N)n2c1. The first-order valence-corrected chi connectivity index (χ1v) is 4.16. The maximum atomic E-state index is 5.79. The summed E-state index contributed by atoms with van der Waals surface area (Å²) in [5.41, 5.74) is 8.29. The van der Waals surface area contributed by atoms with Crippen molar-refractivity contribution in [2.45, 2.75) is 13.3 Å². The first-order chi connectivity index (χ1) is 5.81. The van der Waals surface area contributed by atoms with Crippen LogP contribution in [0, 0.1) is 0 Å². The van der Waals surface area contributed by atoms with Gasteiger partial charge >= 0.3 is 0 Å². The van der Waals surface area contributed by atoms with E-state index in [1.165, 1.54) is 11.1 Å². The van der Waals surface area contributed by atoms with Crippen LogP contribution in [0.2, 0.25) is 0 Å². The van der Waals surface area contributed by atoms with Crippen molar-refractivity contribution >= 4 is 11.3 Å². The molecule has 0 aromatic carbocycles. The fraction of sp³-hybridized carbons (Fsp3) is 0.200. The summed E-state index contributed by atoms with van der Waals surface area (Å²) in [6.45, 7) is 2.14. The standard InChI is InChI=1S/C10H12N2/c1-2-8-6-9-4-3-5-10(11)12(9)7-8/h3-7H,2,11H2,1H3. The zero-order valence-electron chi connectivity index (χ0n) is 7.12. The summed E-state index contributed by atoms with van der Waals surface area (Å²) in [4.78, 5) is 0. The number of fused-ring (bicyclic) bond motifs is 1. The molecular formula is C10H12N2. The lowest BCUT2D eigenvalue weighted by atomic mass is 10.2. The van der Waals surface area contributed by atoms with Crippen LogP contribution in [0.5, 0.6) is 0 Å². The van der Waals surface area contributed by atoms with Crippen LogP contribution in [0.3, 0.4) is 0 Å². The highest BCUT2D eigenvalue weighted by atomic mass is 15.0. The molecule has 0 amide bonds. The topological polar surface area (TPSA) is 30.4 Å². The van der Waals surface area contributed by atoms with Crippen LogP contribution in [0.4, 0.5) is 5.82 Å². The van der Waals surface area contributed by atoms with Crippen molar-refractivity contribution in [2.24, 2.45) is 0 Å². The molecule has 2 heteroatoms. The minimum atomic E-state index is 0.798. The van der Waals surface area contributed by atoms with Crippen LogP contribution >= 0.6 is 0 Å². The number of anilines is 1. The van der Waals surface area contributed by atoms with Crippen molar-refractivity contribution in [3.05, 3.63) is 36.0 Å². The van der Waals surface area contributed by atoms with Gasteiger partial charge in [-0.25, -0.2) is 0 Å². The number of nitrogens with two attached hydrogens (primary N) is 1. The number of hydrogen-bond donors (Lipinski definition) is 1. The van der Waals surface area contributed by atoms with Gasteiger partial charge in [0, 0.05) is 11.7 Å². The lowest BCUT2D eigenvalue weighted by molar-refractivity contribution is 1.12. The van der Waals surface area contributed by atoms with E-state index in [0.29, 0.717) is 0 Å². The predicted octanol–water partition coefficient (Wildman–Crippen LogP) is 2.08. The number of aryl methyl sites for hydroxylation is 1. The fourth-order valence-corrected chi connectivity index (χ4v) is 1.41. The Morgan fingerprint density at radius 2 is 2.25 bits per heavy atom. The van der Waals surface area contributed by atoms with Gasteiger partial charge in [0.15, 0.2) is 0 Å². The van der Waals surface area contributed by atoms with E-state index in [1.807, 2.05) is 16.5 Å². The zero-order chi connectivity index (χ0) is 8.55. The maximum Gasteiger partial charge on any atom is 0.107 e. The summed E-state index contributed by atoms with van der Waals surface area (Å²) in [5.74, 6) is 0.798. The number of aromatic nitrogens is 1. The Kier molecular flexibility index (Phi) is 1.54. The highest BCUT2D eigenvalue weighted by Crippen LogP contribution is 2.14. The Morgan fingerprint density at radius 3 is 2.92 bits per heavy atom. The molecule has 0 saturated heterocycles. The van der Waals surface area contributed by atoms with Gasteiger partial charge in [-0.3, -0.25) is 0 Å². The molecule has 0 radical (unpaired) electrons. The molecule has 0 atom stereocenters. The minimum absolute atomic E-state index is 0.798. The second kappa shape index (κ2) is 2.55. The molecule has 62 valence electrons. The Balaban J connectivity index is 2.74. The van der Waals surface area contributed by atoms with E-state index >= 15 is 0 Å². The maximum absolute atomic E-state index is 5.79. The number of nitrogen functional groups attached to an aromatic ring is 1. The third kappa shape index (κ3) is 0.961. The Morgan fingerprint density at radius 1 is 1.42 bits per heavy atom. The summed E-state index contributed by atoms with van der Waals surface area (Å²) in [7, 11) is 0. The second-order valence-corrected chi connectivity index (χ2v) is 2.95. The third-order valence-electron chi connectivity index (χ3n) is 2.13. The Bertz CT molecular complexity index is 401. The van der Waals surface area contributed by atoms with Gasteiger partial charge in [0.1, 0.15) is 5.82 Å². The van der Waals surface area contributed by atoms with Gasteiger partial charge < -0.3 is 10.1 Å². The Hall–Kier alpha value is -1.44. The van der Waals surface area contributed by atoms with Crippen molar-refractivity contribution < 1.29 is 0 Å². The average Bonchev–Trinajstić information content (AvgIpc) is 2.49. The van der Waals surface area contributed by atoms with E-state index in [1.54, 1.807) is 0 Å². The molecule has 0 aliphatic carbocycles. The van der Waals surface area contributed by atoms with E-state index in [2.05, 4.69) is 25.3 Å². The van der Waals surface area contributed by atoms with Crippen molar-refractivity contribution in [1.82, 2.24) is 4.40 Å². The average molecular weight is 160 g/mol. The van der Waals surface area contributed by atoms with Crippen molar-refractivity contribution in [3.63, 3.8) is 0 Å². The molecule has 12 heavy (non-hydrogen) atoms. The molecule has 2 rings (SSSR count). The normalized spacial score (nSPS) is 10.8. The van der Waals surface area contributed by atoms with Crippen LogP contribution in [0.25, 0.3) is 5.52 Å². The van der Waals surface area contributed by atoms with Crippen LogP contribution < -0.4 is 5.73 Å². The predicted molar refractivity (Wildman–Crippen MR) is 51.2 cm³/mol. The summed E-state index contributed by atoms with van der Waals surface area (Å²) >= 11 is 0. The van der Waals surface area contributed by atoms with Gasteiger partial charge in [-0.2, -0.15) is 0 Å². The molecular weight excluding hydrogens is 148 g/mol. The molecule has 0 aliphatic rings. The van der Waals surface area contributed by atoms with Crippen LogP contribution in [-0.2, 0) is 6.42 Å². The molecule has 2 aromatic heterocycles. The summed E-state index contributed by atoms with van der Waals surface area (Å²) in [5, 5.41) is 0. The molecule has 0 unspecified atom stereocenters. The van der Waals surface area contributed by atoms with Gasteiger partial charge in [-0.05, 0) is 30.2 Å². The van der Waals surface area contributed by atoms with Gasteiger partial charge in [-0.15, -0.1) is 0 Å². The first kappa shape index (κ1) is 7.22. The van der Waals surface area contributed by atoms with E-state index in [0.717, 1.165) is 12.2 Å². The zero-order valence-corrected chi connectivity index (χ0v) is 7.12. The van der Waals surface area contributed by atoms with Crippen LogP contribution in [-0.4, -0.2) is 4.40 Å². The summed E-state index contributed by atoms with van der Waals surface area (Å²) in [6, 6.07) is 8.11. The Labute approximate surface area is 71.6 Å². The van der Waals surface area contributed by atoms with E-state index in [-0.39, 0.29) is 0 Å². The largest absolute Gasteiger partial charge is 0.385 e. The van der Waals surface area contributed by atoms with Gasteiger partial charge in [0.25, 0.3) is 0 Å². The fourth-order valence-electron chi connectivity index (χ4n) is 1.41. The summed E-state index contributed by atoms with van der Waals surface area (Å²) in [6.07, 6.45) is 3.14. The molecule has 2 heterocycles. The van der Waals surface area contributed by atoms with Crippen LogP contribution in [0.1, 0.15) is 12.5 Å². The molecule has 2 aromatic rings. The number of hydrogen-bond acceptors (Lipinski definition) is 1. The minimum Gasteiger partial charge on any atom is -0.385 e. The highest BCUT2D eigenvalue weighted by Gasteiger charge is 1.98. The van der Waals surface area contributed by atoms with Crippen molar-refractivity contribution in [3.8, 4) is 0 Å². The highest BCUT2D eigenvalue weighted by molar-refractivity contribution is 5.56. The smallest absolute Gasteiger partial charge is 0.107 e. The molecule has 0 aliphatic heterocycles. The van der Waals surface area contributed by atoms with E-state index in [4.69, 9.17) is 5.73 Å².